The molecule has 1 aromatic carbocycles. The van der Waals surface area contributed by atoms with E-state index >= 15 is 0 Å². The van der Waals surface area contributed by atoms with Gasteiger partial charge in [-0.15, -0.1) is 0 Å². The summed E-state index contributed by atoms with van der Waals surface area (Å²) < 4.78 is 60.8. The number of benzene rings is 1. The lowest BCUT2D eigenvalue weighted by Crippen LogP contribution is -2.56. The summed E-state index contributed by atoms with van der Waals surface area (Å²) in [7, 11) is -4.28. The minimum Gasteiger partial charge on any atom is -0.487 e. The first-order chi connectivity index (χ1) is 12.8. The molecule has 0 unspecified atom stereocenters. The largest absolute Gasteiger partial charge is 0.487 e. The van der Waals surface area contributed by atoms with Gasteiger partial charge in [-0.05, 0) is 38.0 Å². The molecule has 2 heterocycles. The number of rotatable bonds is 5. The molecule has 1 aromatic heterocycles. The van der Waals surface area contributed by atoms with Crippen LogP contribution in [-0.2, 0) is 10.0 Å². The number of aryl methyl sites for hydroxylation is 1. The summed E-state index contributed by atoms with van der Waals surface area (Å²) in [5.41, 5.74) is 0.641. The molecule has 27 heavy (non-hydrogen) atoms. The van der Waals surface area contributed by atoms with E-state index in [4.69, 9.17) is 4.74 Å². The summed E-state index contributed by atoms with van der Waals surface area (Å²) in [5, 5.41) is 0. The van der Waals surface area contributed by atoms with E-state index in [1.807, 2.05) is 6.92 Å². The van der Waals surface area contributed by atoms with Crippen LogP contribution in [0.25, 0.3) is 0 Å². The average Bonchev–Trinajstić information content (AvgIpc) is 3.34. The molecule has 0 spiro atoms. The summed E-state index contributed by atoms with van der Waals surface area (Å²) >= 11 is 0. The maximum atomic E-state index is 13.8. The van der Waals surface area contributed by atoms with E-state index in [1.54, 1.807) is 10.6 Å². The SMILES string of the molecule is Cc1cc(OC2CN(S(=O)(=O)c3c(F)cccc3F)C2)cc(=O)n1C1CC1. The van der Waals surface area contributed by atoms with E-state index in [1.165, 1.54) is 6.07 Å². The quantitative estimate of drug-likeness (QED) is 0.777. The Morgan fingerprint density at radius 3 is 2.30 bits per heavy atom. The second kappa shape index (κ2) is 6.42. The molecule has 1 aliphatic heterocycles. The van der Waals surface area contributed by atoms with Crippen molar-refractivity contribution in [2.45, 2.75) is 36.8 Å². The molecule has 2 fully saturated rings. The van der Waals surface area contributed by atoms with E-state index in [0.717, 1.165) is 41.0 Å². The smallest absolute Gasteiger partial charge is 0.254 e. The van der Waals surface area contributed by atoms with Gasteiger partial charge < -0.3 is 9.30 Å². The highest BCUT2D eigenvalue weighted by Gasteiger charge is 2.41. The van der Waals surface area contributed by atoms with Crippen LogP contribution in [0.4, 0.5) is 8.78 Å². The zero-order valence-corrected chi connectivity index (χ0v) is 15.4. The molecule has 0 N–H and O–H groups in total. The number of aromatic nitrogens is 1. The van der Waals surface area contributed by atoms with Gasteiger partial charge in [0.15, 0.2) is 4.90 Å². The van der Waals surface area contributed by atoms with Crippen LogP contribution in [-0.4, -0.2) is 36.5 Å². The van der Waals surface area contributed by atoms with Gasteiger partial charge in [-0.1, -0.05) is 6.07 Å². The summed E-state index contributed by atoms with van der Waals surface area (Å²) in [6.45, 7) is 1.74. The summed E-state index contributed by atoms with van der Waals surface area (Å²) in [4.78, 5) is 11.3. The van der Waals surface area contributed by atoms with Crippen LogP contribution in [0.3, 0.4) is 0 Å². The van der Waals surface area contributed by atoms with Gasteiger partial charge in [0.2, 0.25) is 10.0 Å². The monoisotopic (exact) mass is 396 g/mol. The molecule has 2 aromatic rings. The number of hydrogen-bond donors (Lipinski definition) is 0. The van der Waals surface area contributed by atoms with Gasteiger partial charge in [-0.25, -0.2) is 17.2 Å². The van der Waals surface area contributed by atoms with Gasteiger partial charge in [0.25, 0.3) is 5.56 Å². The van der Waals surface area contributed by atoms with Gasteiger partial charge in [0, 0.05) is 17.8 Å². The van der Waals surface area contributed by atoms with E-state index in [0.29, 0.717) is 5.75 Å². The lowest BCUT2D eigenvalue weighted by molar-refractivity contribution is 0.0755. The number of halogens is 2. The maximum Gasteiger partial charge on any atom is 0.254 e. The van der Waals surface area contributed by atoms with Crippen LogP contribution >= 0.6 is 0 Å². The molecule has 1 saturated carbocycles. The minimum atomic E-state index is -4.28. The van der Waals surface area contributed by atoms with E-state index in [-0.39, 0.29) is 24.7 Å². The fourth-order valence-corrected chi connectivity index (χ4v) is 4.89. The Kier molecular flexibility index (Phi) is 4.31. The lowest BCUT2D eigenvalue weighted by Gasteiger charge is -2.37. The second-order valence-corrected chi connectivity index (χ2v) is 8.76. The van der Waals surface area contributed by atoms with Gasteiger partial charge in [-0.2, -0.15) is 4.31 Å². The molecule has 2 aliphatic rings. The van der Waals surface area contributed by atoms with E-state index in [2.05, 4.69) is 0 Å². The van der Waals surface area contributed by atoms with Crippen molar-refractivity contribution in [3.8, 4) is 5.75 Å². The zero-order chi connectivity index (χ0) is 19.3. The molecule has 0 radical (unpaired) electrons. The number of sulfonamides is 1. The molecule has 9 heteroatoms. The molecule has 4 rings (SSSR count). The Labute approximate surface area is 155 Å². The van der Waals surface area contributed by atoms with Crippen molar-refractivity contribution < 1.29 is 21.9 Å². The number of ether oxygens (including phenoxy) is 1. The van der Waals surface area contributed by atoms with E-state index < -0.39 is 32.7 Å². The third-order valence-corrected chi connectivity index (χ3v) is 6.66. The van der Waals surface area contributed by atoms with Gasteiger partial charge >= 0.3 is 0 Å². The van der Waals surface area contributed by atoms with Gasteiger partial charge in [0.1, 0.15) is 23.5 Å². The van der Waals surface area contributed by atoms with Crippen LogP contribution in [0, 0.1) is 18.6 Å². The first-order valence-electron chi connectivity index (χ1n) is 8.61. The summed E-state index contributed by atoms with van der Waals surface area (Å²) in [5.74, 6) is -1.88. The summed E-state index contributed by atoms with van der Waals surface area (Å²) in [6.07, 6.45) is 1.50. The topological polar surface area (TPSA) is 68.6 Å². The third-order valence-electron chi connectivity index (χ3n) is 4.78. The van der Waals surface area contributed by atoms with Crippen LogP contribution in [0.5, 0.6) is 5.75 Å². The van der Waals surface area contributed by atoms with Crippen molar-refractivity contribution in [1.82, 2.24) is 8.87 Å². The van der Waals surface area contributed by atoms with Gasteiger partial charge in [0.05, 0.1) is 13.1 Å². The van der Waals surface area contributed by atoms with Gasteiger partial charge in [-0.3, -0.25) is 4.79 Å². The van der Waals surface area contributed by atoms with E-state index in [9.17, 15) is 22.0 Å². The zero-order valence-electron chi connectivity index (χ0n) is 14.6. The van der Waals surface area contributed by atoms with Crippen LogP contribution in [0.2, 0.25) is 0 Å². The molecule has 0 atom stereocenters. The highest BCUT2D eigenvalue weighted by Crippen LogP contribution is 2.35. The predicted molar refractivity (Wildman–Crippen MR) is 93.2 cm³/mol. The van der Waals surface area contributed by atoms with Crippen LogP contribution in [0.15, 0.2) is 40.0 Å². The van der Waals surface area contributed by atoms with Crippen molar-refractivity contribution in [3.63, 3.8) is 0 Å². The number of pyridine rings is 1. The van der Waals surface area contributed by atoms with Crippen molar-refractivity contribution in [3.05, 3.63) is 58.0 Å². The number of hydrogen-bond acceptors (Lipinski definition) is 4. The van der Waals surface area contributed by atoms with Crippen LogP contribution in [0.1, 0.15) is 24.6 Å². The Morgan fingerprint density at radius 2 is 1.74 bits per heavy atom. The molecule has 0 bridgehead atoms. The van der Waals surface area contributed by atoms with Crippen molar-refractivity contribution in [2.24, 2.45) is 0 Å². The number of nitrogens with zero attached hydrogens (tertiary/aromatic N) is 2. The van der Waals surface area contributed by atoms with Crippen molar-refractivity contribution in [1.29, 1.82) is 0 Å². The van der Waals surface area contributed by atoms with Crippen LogP contribution < -0.4 is 10.3 Å². The normalized spacial score (nSPS) is 18.3. The average molecular weight is 396 g/mol. The first kappa shape index (κ1) is 18.1. The molecular weight excluding hydrogens is 378 g/mol. The first-order valence-corrected chi connectivity index (χ1v) is 10.1. The molecule has 1 aliphatic carbocycles. The standard InChI is InChI=1S/C18H18F2N2O4S/c1-11-7-13(8-17(23)22(11)12-5-6-12)26-14-9-21(10-14)27(24,25)18-15(19)3-2-4-16(18)20/h2-4,7-8,12,14H,5-6,9-10H2,1H3. The Balaban J connectivity index is 1.46. The van der Waals surface area contributed by atoms with Crippen molar-refractivity contribution in [2.75, 3.05) is 13.1 Å². The highest BCUT2D eigenvalue weighted by atomic mass is 32.2. The third kappa shape index (κ3) is 3.25. The molecule has 144 valence electrons. The lowest BCUT2D eigenvalue weighted by atomic mass is 10.2. The summed E-state index contributed by atoms with van der Waals surface area (Å²) in [6, 6.07) is 6.30. The molecular formula is C18H18F2N2O4S. The minimum absolute atomic E-state index is 0.0408. The maximum absolute atomic E-state index is 13.8. The van der Waals surface area contributed by atoms with Crippen molar-refractivity contribution >= 4 is 10.0 Å². The molecule has 1 saturated heterocycles. The Bertz CT molecular complexity index is 1040. The highest BCUT2D eigenvalue weighted by molar-refractivity contribution is 7.89. The second-order valence-electron chi connectivity index (χ2n) is 6.88. The fourth-order valence-electron chi connectivity index (χ4n) is 3.27. The molecule has 6 nitrogen and oxygen atoms in total. The Hall–Kier alpha value is -2.26. The fraction of sp³-hybridized carbons (Fsp3) is 0.389. The Morgan fingerprint density at radius 1 is 1.11 bits per heavy atom. The molecule has 0 amide bonds. The predicted octanol–water partition coefficient (Wildman–Crippen LogP) is 2.22.